The zero-order chi connectivity index (χ0) is 22.7. The number of morpholine rings is 1. The molecule has 0 spiro atoms. The molecular formula is C24H33N3O4S. The van der Waals surface area contributed by atoms with E-state index >= 15 is 0 Å². The van der Waals surface area contributed by atoms with Gasteiger partial charge in [-0.3, -0.25) is 4.90 Å². The fourth-order valence-corrected chi connectivity index (χ4v) is 5.91. The van der Waals surface area contributed by atoms with E-state index in [-0.39, 0.29) is 17.5 Å². The van der Waals surface area contributed by atoms with Crippen LogP contribution >= 0.6 is 0 Å². The van der Waals surface area contributed by atoms with Crippen LogP contribution in [0, 0.1) is 6.92 Å². The highest BCUT2D eigenvalue weighted by atomic mass is 32.2. The predicted molar refractivity (Wildman–Crippen MR) is 126 cm³/mol. The van der Waals surface area contributed by atoms with Crippen molar-refractivity contribution in [3.05, 3.63) is 53.1 Å². The number of fused-ring (bicyclic) bond motifs is 1. The zero-order valence-electron chi connectivity index (χ0n) is 19.1. The minimum absolute atomic E-state index is 0.0676. The summed E-state index contributed by atoms with van der Waals surface area (Å²) in [6.07, 6.45) is 2.19. The molecule has 7 nitrogen and oxygen atoms in total. The SMILES string of the molecule is COc1ccc(C)cc1S(=O)(=O)NCC(c1ccc2c(c1)CCCN2C)N1CCOCC1. The van der Waals surface area contributed by atoms with E-state index in [1.807, 2.05) is 13.0 Å². The summed E-state index contributed by atoms with van der Waals surface area (Å²) < 4.78 is 40.2. The molecular weight excluding hydrogens is 426 g/mol. The van der Waals surface area contributed by atoms with Crippen LogP contribution in [-0.2, 0) is 21.2 Å². The number of sulfonamides is 1. The summed E-state index contributed by atoms with van der Waals surface area (Å²) in [5, 5.41) is 0. The van der Waals surface area contributed by atoms with Gasteiger partial charge >= 0.3 is 0 Å². The Kier molecular flexibility index (Phi) is 7.05. The van der Waals surface area contributed by atoms with Gasteiger partial charge in [-0.05, 0) is 54.7 Å². The van der Waals surface area contributed by atoms with Crippen LogP contribution in [0.15, 0.2) is 41.3 Å². The minimum Gasteiger partial charge on any atom is -0.495 e. The average Bonchev–Trinajstić information content (AvgIpc) is 2.80. The van der Waals surface area contributed by atoms with Gasteiger partial charge in [0, 0.05) is 45.0 Å². The van der Waals surface area contributed by atoms with E-state index in [0.717, 1.165) is 43.6 Å². The van der Waals surface area contributed by atoms with Crippen molar-refractivity contribution >= 4 is 15.7 Å². The Morgan fingerprint density at radius 2 is 1.91 bits per heavy atom. The number of benzene rings is 2. The van der Waals surface area contributed by atoms with Gasteiger partial charge in [-0.25, -0.2) is 13.1 Å². The number of ether oxygens (including phenoxy) is 2. The van der Waals surface area contributed by atoms with Crippen molar-refractivity contribution in [2.75, 3.05) is 58.5 Å². The van der Waals surface area contributed by atoms with Gasteiger partial charge in [-0.15, -0.1) is 0 Å². The molecule has 0 amide bonds. The number of aryl methyl sites for hydroxylation is 2. The van der Waals surface area contributed by atoms with Gasteiger partial charge in [0.2, 0.25) is 10.0 Å². The third-order valence-corrected chi connectivity index (χ3v) is 7.85. The van der Waals surface area contributed by atoms with E-state index in [4.69, 9.17) is 9.47 Å². The van der Waals surface area contributed by atoms with Crippen molar-refractivity contribution in [3.8, 4) is 5.75 Å². The van der Waals surface area contributed by atoms with Gasteiger partial charge in [0.1, 0.15) is 10.6 Å². The normalized spacial score (nSPS) is 18.3. The molecule has 8 heteroatoms. The molecule has 1 fully saturated rings. The third-order valence-electron chi connectivity index (χ3n) is 6.40. The standard InChI is InChI=1S/C24H33N3O4S/c1-18-6-9-23(30-3)24(15-18)32(28,29)25-17-22(27-11-13-31-14-12-27)20-7-8-21-19(16-20)5-4-10-26(21)2/h6-9,15-16,22,25H,4-5,10-14,17H2,1-3H3. The fraction of sp³-hybridized carbons (Fsp3) is 0.500. The lowest BCUT2D eigenvalue weighted by Gasteiger charge is -2.36. The topological polar surface area (TPSA) is 71.1 Å². The number of hydrogen-bond acceptors (Lipinski definition) is 6. The van der Waals surface area contributed by atoms with E-state index < -0.39 is 10.0 Å². The number of hydrogen-bond donors (Lipinski definition) is 1. The molecule has 32 heavy (non-hydrogen) atoms. The first-order valence-corrected chi connectivity index (χ1v) is 12.7. The molecule has 0 radical (unpaired) electrons. The first kappa shape index (κ1) is 23.0. The number of nitrogens with zero attached hydrogens (tertiary/aromatic N) is 2. The molecule has 0 bridgehead atoms. The summed E-state index contributed by atoms with van der Waals surface area (Å²) in [6.45, 7) is 6.09. The quantitative estimate of drug-likeness (QED) is 0.687. The maximum Gasteiger partial charge on any atom is 0.244 e. The Morgan fingerprint density at radius 1 is 1.12 bits per heavy atom. The van der Waals surface area contributed by atoms with Gasteiger partial charge in [0.25, 0.3) is 0 Å². The van der Waals surface area contributed by atoms with Crippen LogP contribution in [0.2, 0.25) is 0 Å². The molecule has 1 atom stereocenters. The lowest BCUT2D eigenvalue weighted by Crippen LogP contribution is -2.44. The molecule has 0 aliphatic carbocycles. The molecule has 0 saturated carbocycles. The highest BCUT2D eigenvalue weighted by Crippen LogP contribution is 2.31. The van der Waals surface area contributed by atoms with Crippen molar-refractivity contribution in [2.24, 2.45) is 0 Å². The van der Waals surface area contributed by atoms with Crippen LogP contribution in [0.1, 0.15) is 29.2 Å². The smallest absolute Gasteiger partial charge is 0.244 e. The molecule has 2 heterocycles. The van der Waals surface area contributed by atoms with Crippen molar-refractivity contribution in [2.45, 2.75) is 30.7 Å². The zero-order valence-corrected chi connectivity index (χ0v) is 20.0. The second-order valence-corrected chi connectivity index (χ2v) is 10.3. The van der Waals surface area contributed by atoms with Gasteiger partial charge in [-0.1, -0.05) is 18.2 Å². The van der Waals surface area contributed by atoms with E-state index in [9.17, 15) is 8.42 Å². The number of nitrogens with one attached hydrogen (secondary N) is 1. The molecule has 2 aromatic rings. The van der Waals surface area contributed by atoms with E-state index in [2.05, 4.69) is 39.8 Å². The molecule has 2 aliphatic heterocycles. The minimum atomic E-state index is -3.73. The molecule has 1 N–H and O–H groups in total. The van der Waals surface area contributed by atoms with Crippen molar-refractivity contribution in [1.82, 2.24) is 9.62 Å². The number of methoxy groups -OCH3 is 1. The van der Waals surface area contributed by atoms with Crippen LogP contribution in [0.3, 0.4) is 0 Å². The Morgan fingerprint density at radius 3 is 2.66 bits per heavy atom. The highest BCUT2D eigenvalue weighted by molar-refractivity contribution is 7.89. The summed E-state index contributed by atoms with van der Waals surface area (Å²) >= 11 is 0. The van der Waals surface area contributed by atoms with Crippen LogP contribution in [0.4, 0.5) is 5.69 Å². The summed E-state index contributed by atoms with van der Waals surface area (Å²) in [5.74, 6) is 0.350. The first-order valence-electron chi connectivity index (χ1n) is 11.2. The number of rotatable bonds is 7. The Bertz CT molecular complexity index is 1050. The van der Waals surface area contributed by atoms with Gasteiger partial charge in [-0.2, -0.15) is 0 Å². The molecule has 0 aromatic heterocycles. The Hall–Kier alpha value is -2.13. The van der Waals surface area contributed by atoms with Gasteiger partial charge in [0.15, 0.2) is 0 Å². The summed E-state index contributed by atoms with van der Waals surface area (Å²) in [7, 11) is -0.119. The van der Waals surface area contributed by atoms with Crippen LogP contribution in [0.5, 0.6) is 5.75 Å². The maximum absolute atomic E-state index is 13.2. The lowest BCUT2D eigenvalue weighted by molar-refractivity contribution is 0.0172. The largest absolute Gasteiger partial charge is 0.495 e. The fourth-order valence-electron chi connectivity index (χ4n) is 4.62. The molecule has 174 valence electrons. The maximum atomic E-state index is 13.2. The predicted octanol–water partition coefficient (Wildman–Crippen LogP) is 2.74. The molecule has 2 aliphatic rings. The molecule has 1 unspecified atom stereocenters. The monoisotopic (exact) mass is 459 g/mol. The second-order valence-electron chi connectivity index (χ2n) is 8.58. The summed E-state index contributed by atoms with van der Waals surface area (Å²) in [5.41, 5.74) is 4.61. The Balaban J connectivity index is 1.61. The molecule has 4 rings (SSSR count). The van der Waals surface area contributed by atoms with Crippen LogP contribution in [-0.4, -0.2) is 66.9 Å². The van der Waals surface area contributed by atoms with E-state index in [1.165, 1.54) is 18.4 Å². The third kappa shape index (κ3) is 4.93. The van der Waals surface area contributed by atoms with Crippen molar-refractivity contribution < 1.29 is 17.9 Å². The second kappa shape index (κ2) is 9.79. The Labute approximate surface area is 191 Å². The lowest BCUT2D eigenvalue weighted by atomic mass is 9.96. The number of anilines is 1. The molecule has 2 aromatic carbocycles. The first-order chi connectivity index (χ1) is 15.4. The molecule has 1 saturated heterocycles. The summed E-state index contributed by atoms with van der Waals surface area (Å²) in [6, 6.07) is 11.7. The average molecular weight is 460 g/mol. The van der Waals surface area contributed by atoms with Crippen molar-refractivity contribution in [3.63, 3.8) is 0 Å². The van der Waals surface area contributed by atoms with Crippen LogP contribution in [0.25, 0.3) is 0 Å². The van der Waals surface area contributed by atoms with Crippen molar-refractivity contribution in [1.29, 1.82) is 0 Å². The van der Waals surface area contributed by atoms with Gasteiger partial charge in [0.05, 0.1) is 20.3 Å². The van der Waals surface area contributed by atoms with Gasteiger partial charge < -0.3 is 14.4 Å². The highest BCUT2D eigenvalue weighted by Gasteiger charge is 2.27. The van der Waals surface area contributed by atoms with E-state index in [1.54, 1.807) is 12.1 Å². The summed E-state index contributed by atoms with van der Waals surface area (Å²) in [4.78, 5) is 4.78. The van der Waals surface area contributed by atoms with Crippen LogP contribution < -0.4 is 14.4 Å². The van der Waals surface area contributed by atoms with E-state index in [0.29, 0.717) is 19.0 Å².